The Balaban J connectivity index is 1.92. The Morgan fingerprint density at radius 2 is 2.00 bits per heavy atom. The van der Waals surface area contributed by atoms with E-state index in [0.29, 0.717) is 5.41 Å². The number of hydrogen-bond acceptors (Lipinski definition) is 2. The van der Waals surface area contributed by atoms with Crippen molar-refractivity contribution in [3.8, 4) is 0 Å². The van der Waals surface area contributed by atoms with E-state index < -0.39 is 0 Å². The molecule has 78 valence electrons. The summed E-state index contributed by atoms with van der Waals surface area (Å²) >= 11 is 0. The molecule has 0 aromatic heterocycles. The molecule has 0 unspecified atom stereocenters. The minimum Gasteiger partial charge on any atom is -0.383 e. The van der Waals surface area contributed by atoms with E-state index in [1.54, 1.807) is 0 Å². The zero-order valence-electron chi connectivity index (χ0n) is 9.14. The van der Waals surface area contributed by atoms with Crippen LogP contribution in [0.2, 0.25) is 0 Å². The van der Waals surface area contributed by atoms with Crippen LogP contribution in [0.3, 0.4) is 0 Å². The van der Waals surface area contributed by atoms with Gasteiger partial charge in [0.25, 0.3) is 0 Å². The first kappa shape index (κ1) is 9.06. The van der Waals surface area contributed by atoms with Crippen molar-refractivity contribution in [3.05, 3.63) is 34.9 Å². The van der Waals surface area contributed by atoms with Crippen molar-refractivity contribution in [1.82, 2.24) is 10.2 Å². The van der Waals surface area contributed by atoms with Crippen LogP contribution < -0.4 is 5.32 Å². The summed E-state index contributed by atoms with van der Waals surface area (Å²) in [6.07, 6.45) is 6.69. The van der Waals surface area contributed by atoms with Gasteiger partial charge in [-0.2, -0.15) is 0 Å². The van der Waals surface area contributed by atoms with Crippen LogP contribution in [0.15, 0.2) is 34.9 Å². The molecule has 1 N–H and O–H groups in total. The van der Waals surface area contributed by atoms with E-state index in [9.17, 15) is 0 Å². The SMILES string of the molecule is CN1CCC2(CC1)CNC1=C2C=C=C=C1. The van der Waals surface area contributed by atoms with Crippen LogP contribution in [0.25, 0.3) is 0 Å². The quantitative estimate of drug-likeness (QED) is 0.595. The number of nitrogens with zero attached hydrogens (tertiary/aromatic N) is 1. The topological polar surface area (TPSA) is 15.3 Å². The predicted molar refractivity (Wildman–Crippen MR) is 60.4 cm³/mol. The number of fused-ring (bicyclic) bond motifs is 1. The summed E-state index contributed by atoms with van der Waals surface area (Å²) in [4.78, 5) is 2.42. The minimum atomic E-state index is 0.382. The third kappa shape index (κ3) is 1.31. The Bertz CT molecular complexity index is 410. The van der Waals surface area contributed by atoms with Gasteiger partial charge in [0.15, 0.2) is 0 Å². The zero-order chi connectivity index (χ0) is 10.3. The molecule has 15 heavy (non-hydrogen) atoms. The highest BCUT2D eigenvalue weighted by Gasteiger charge is 2.41. The average molecular weight is 200 g/mol. The van der Waals surface area contributed by atoms with Gasteiger partial charge in [-0.1, -0.05) is 11.5 Å². The molecule has 1 saturated heterocycles. The molecule has 0 saturated carbocycles. The number of rotatable bonds is 0. The predicted octanol–water partition coefficient (Wildman–Crippen LogP) is 1.44. The molecule has 0 atom stereocenters. The van der Waals surface area contributed by atoms with E-state index in [4.69, 9.17) is 0 Å². The first-order valence-corrected chi connectivity index (χ1v) is 5.65. The number of likely N-dealkylation sites (tertiary alicyclic amines) is 1. The van der Waals surface area contributed by atoms with Gasteiger partial charge in [0.2, 0.25) is 0 Å². The van der Waals surface area contributed by atoms with Gasteiger partial charge in [0.05, 0.1) is 0 Å². The van der Waals surface area contributed by atoms with Crippen LogP contribution in [0.1, 0.15) is 12.8 Å². The van der Waals surface area contributed by atoms with Crippen LogP contribution in [0.5, 0.6) is 0 Å². The number of nitrogens with one attached hydrogen (secondary N) is 1. The molecule has 0 amide bonds. The molecule has 2 heterocycles. The van der Waals surface area contributed by atoms with Gasteiger partial charge < -0.3 is 10.2 Å². The lowest BCUT2D eigenvalue weighted by Gasteiger charge is -2.38. The Labute approximate surface area is 90.7 Å². The molecule has 1 fully saturated rings. The van der Waals surface area contributed by atoms with Gasteiger partial charge in [-0.3, -0.25) is 0 Å². The van der Waals surface area contributed by atoms with Crippen LogP contribution in [0, 0.1) is 5.41 Å². The van der Waals surface area contributed by atoms with Crippen molar-refractivity contribution >= 4 is 0 Å². The molecule has 0 aromatic rings. The van der Waals surface area contributed by atoms with Crippen molar-refractivity contribution in [2.75, 3.05) is 26.7 Å². The largest absolute Gasteiger partial charge is 0.383 e. The molecule has 1 aliphatic carbocycles. The maximum absolute atomic E-state index is 3.51. The maximum Gasteiger partial charge on any atom is 0.0470 e. The van der Waals surface area contributed by atoms with Gasteiger partial charge >= 0.3 is 0 Å². The normalized spacial score (nSPS) is 27.3. The van der Waals surface area contributed by atoms with Crippen molar-refractivity contribution < 1.29 is 0 Å². The Hall–Kier alpha value is -1.20. The van der Waals surface area contributed by atoms with E-state index in [1.807, 2.05) is 6.08 Å². The highest BCUT2D eigenvalue weighted by molar-refractivity contribution is 5.44. The molecule has 0 aromatic carbocycles. The van der Waals surface area contributed by atoms with Gasteiger partial charge in [0, 0.05) is 23.7 Å². The Morgan fingerprint density at radius 1 is 1.27 bits per heavy atom. The summed E-state index contributed by atoms with van der Waals surface area (Å²) < 4.78 is 0. The van der Waals surface area contributed by atoms with E-state index >= 15 is 0 Å². The van der Waals surface area contributed by atoms with Gasteiger partial charge in [-0.15, -0.1) is 0 Å². The first-order chi connectivity index (χ1) is 7.30. The lowest BCUT2D eigenvalue weighted by atomic mass is 9.73. The second-order valence-electron chi connectivity index (χ2n) is 4.84. The first-order valence-electron chi connectivity index (χ1n) is 5.65. The smallest absolute Gasteiger partial charge is 0.0470 e. The fourth-order valence-corrected chi connectivity index (χ4v) is 2.82. The van der Waals surface area contributed by atoms with E-state index in [2.05, 4.69) is 34.8 Å². The molecule has 2 heteroatoms. The van der Waals surface area contributed by atoms with Crippen molar-refractivity contribution in [2.24, 2.45) is 5.41 Å². The second-order valence-corrected chi connectivity index (χ2v) is 4.84. The lowest BCUT2D eigenvalue weighted by Crippen LogP contribution is -2.40. The fraction of sp³-hybridized carbons (Fsp3) is 0.538. The molecule has 0 radical (unpaired) electrons. The van der Waals surface area contributed by atoms with Crippen LogP contribution in [-0.2, 0) is 0 Å². The summed E-state index contributed by atoms with van der Waals surface area (Å²) in [6.45, 7) is 3.52. The summed E-state index contributed by atoms with van der Waals surface area (Å²) in [7, 11) is 2.21. The molecule has 2 aliphatic heterocycles. The second kappa shape index (κ2) is 3.15. The third-order valence-electron chi connectivity index (χ3n) is 3.94. The van der Waals surface area contributed by atoms with E-state index in [1.165, 1.54) is 37.2 Å². The molecule has 3 rings (SSSR count). The molecule has 0 bridgehead atoms. The number of piperidine rings is 1. The van der Waals surface area contributed by atoms with Gasteiger partial charge in [-0.05, 0) is 44.6 Å². The summed E-state index contributed by atoms with van der Waals surface area (Å²) in [6, 6.07) is 0. The summed E-state index contributed by atoms with van der Waals surface area (Å²) in [5.74, 6) is 0. The Morgan fingerprint density at radius 3 is 2.80 bits per heavy atom. The van der Waals surface area contributed by atoms with Gasteiger partial charge in [-0.25, -0.2) is 0 Å². The van der Waals surface area contributed by atoms with Crippen LogP contribution in [0.4, 0.5) is 0 Å². The molecule has 1 spiro atoms. The fourth-order valence-electron chi connectivity index (χ4n) is 2.82. The Kier molecular flexibility index (Phi) is 1.90. The zero-order valence-corrected chi connectivity index (χ0v) is 9.14. The maximum atomic E-state index is 3.51. The van der Waals surface area contributed by atoms with E-state index in [0.717, 1.165) is 6.54 Å². The van der Waals surface area contributed by atoms with Gasteiger partial charge in [0.1, 0.15) is 0 Å². The van der Waals surface area contributed by atoms with Crippen LogP contribution in [-0.4, -0.2) is 31.6 Å². The van der Waals surface area contributed by atoms with Crippen molar-refractivity contribution in [2.45, 2.75) is 12.8 Å². The highest BCUT2D eigenvalue weighted by Crippen LogP contribution is 2.43. The molecule has 3 aliphatic rings. The molecular formula is C13H16N2. The monoisotopic (exact) mass is 200 g/mol. The molecule has 2 nitrogen and oxygen atoms in total. The summed E-state index contributed by atoms with van der Waals surface area (Å²) in [5.41, 5.74) is 9.25. The average Bonchev–Trinajstić information content (AvgIpc) is 2.63. The lowest BCUT2D eigenvalue weighted by molar-refractivity contribution is 0.167. The highest BCUT2D eigenvalue weighted by atomic mass is 15.1. The minimum absolute atomic E-state index is 0.382. The third-order valence-corrected chi connectivity index (χ3v) is 3.94. The van der Waals surface area contributed by atoms with Crippen molar-refractivity contribution in [3.63, 3.8) is 0 Å². The summed E-state index contributed by atoms with van der Waals surface area (Å²) in [5, 5.41) is 3.51. The van der Waals surface area contributed by atoms with E-state index in [-0.39, 0.29) is 0 Å². The number of allylic oxidation sites excluding steroid dienone is 2. The van der Waals surface area contributed by atoms with Crippen LogP contribution >= 0.6 is 0 Å². The molecular weight excluding hydrogens is 184 g/mol. The standard InChI is InChI=1S/C13H16N2/c1-15-8-6-13(7-9-15)10-14-12-5-3-2-4-11(12)13/h4-5,14H,6-10H2,1H3. The number of hydrogen-bond donors (Lipinski definition) is 1. The van der Waals surface area contributed by atoms with Crippen molar-refractivity contribution in [1.29, 1.82) is 0 Å².